The number of rotatable bonds is 6. The fourth-order valence-corrected chi connectivity index (χ4v) is 2.60. The molecule has 0 aromatic heterocycles. The summed E-state index contributed by atoms with van der Waals surface area (Å²) in [5.74, 6) is 1.69. The van der Waals surface area contributed by atoms with Crippen molar-refractivity contribution in [2.45, 2.75) is 13.8 Å². The summed E-state index contributed by atoms with van der Waals surface area (Å²) in [5, 5.41) is 10.9. The van der Waals surface area contributed by atoms with Crippen LogP contribution in [0.4, 0.5) is 11.4 Å². The SMILES string of the molecule is C1COCC[N-]1.CCOc1ccc(NC(=S)Nc2ccc(OCC)cc2)cc1.[Na+]. The van der Waals surface area contributed by atoms with Crippen molar-refractivity contribution in [2.24, 2.45) is 0 Å². The van der Waals surface area contributed by atoms with Gasteiger partial charge in [0, 0.05) is 24.6 Å². The van der Waals surface area contributed by atoms with Gasteiger partial charge in [0.25, 0.3) is 0 Å². The van der Waals surface area contributed by atoms with Crippen molar-refractivity contribution in [2.75, 3.05) is 50.2 Å². The summed E-state index contributed by atoms with van der Waals surface area (Å²) in [6.07, 6.45) is 0. The van der Waals surface area contributed by atoms with Crippen LogP contribution in [0, 0.1) is 0 Å². The minimum Gasteiger partial charge on any atom is -0.659 e. The second-order valence-electron chi connectivity index (χ2n) is 5.78. The van der Waals surface area contributed by atoms with E-state index in [4.69, 9.17) is 26.4 Å². The van der Waals surface area contributed by atoms with Gasteiger partial charge in [0.1, 0.15) is 11.5 Å². The minimum atomic E-state index is 0. The summed E-state index contributed by atoms with van der Waals surface area (Å²) in [6.45, 7) is 8.71. The number of morpholine rings is 1. The fourth-order valence-electron chi connectivity index (χ4n) is 2.37. The number of nitrogens with zero attached hydrogens (tertiary/aromatic N) is 1. The minimum absolute atomic E-state index is 0. The Morgan fingerprint density at radius 2 is 1.28 bits per heavy atom. The number of hydrogen-bond donors (Lipinski definition) is 2. The van der Waals surface area contributed by atoms with Gasteiger partial charge < -0.3 is 30.2 Å². The topological polar surface area (TPSA) is 65.9 Å². The molecule has 2 aromatic carbocycles. The Morgan fingerprint density at radius 1 is 0.862 bits per heavy atom. The van der Waals surface area contributed by atoms with Crippen LogP contribution in [-0.2, 0) is 4.74 Å². The molecule has 2 aromatic rings. The maximum atomic E-state index is 5.40. The van der Waals surface area contributed by atoms with Crippen LogP contribution in [0.3, 0.4) is 0 Å². The summed E-state index contributed by atoms with van der Waals surface area (Å²) < 4.78 is 15.8. The maximum Gasteiger partial charge on any atom is 1.00 e. The first-order valence-electron chi connectivity index (χ1n) is 9.46. The van der Waals surface area contributed by atoms with Crippen molar-refractivity contribution in [1.82, 2.24) is 0 Å². The van der Waals surface area contributed by atoms with Crippen molar-refractivity contribution in [3.8, 4) is 11.5 Å². The number of anilines is 2. The fraction of sp³-hybridized carbons (Fsp3) is 0.381. The van der Waals surface area contributed by atoms with Gasteiger partial charge in [0.15, 0.2) is 5.11 Å². The van der Waals surface area contributed by atoms with Gasteiger partial charge in [-0.05, 0) is 74.6 Å². The second-order valence-corrected chi connectivity index (χ2v) is 6.19. The van der Waals surface area contributed by atoms with E-state index in [1.165, 1.54) is 0 Å². The third-order valence-electron chi connectivity index (χ3n) is 3.63. The third-order valence-corrected chi connectivity index (χ3v) is 3.84. The largest absolute Gasteiger partial charge is 1.00 e. The van der Waals surface area contributed by atoms with Crippen LogP contribution < -0.4 is 49.7 Å². The zero-order valence-electron chi connectivity index (χ0n) is 17.4. The quantitative estimate of drug-likeness (QED) is 0.543. The van der Waals surface area contributed by atoms with Crippen molar-refractivity contribution in [3.05, 3.63) is 53.8 Å². The molecule has 8 heteroatoms. The summed E-state index contributed by atoms with van der Waals surface area (Å²) >= 11 is 5.30. The Balaban J connectivity index is 0.000000514. The summed E-state index contributed by atoms with van der Waals surface area (Å²) in [4.78, 5) is 0. The average molecular weight is 426 g/mol. The van der Waals surface area contributed by atoms with Crippen molar-refractivity contribution < 1.29 is 43.8 Å². The van der Waals surface area contributed by atoms with Gasteiger partial charge in [-0.25, -0.2) is 0 Å². The molecule has 29 heavy (non-hydrogen) atoms. The van der Waals surface area contributed by atoms with E-state index >= 15 is 0 Å². The molecule has 6 nitrogen and oxygen atoms in total. The van der Waals surface area contributed by atoms with Crippen LogP contribution in [0.5, 0.6) is 11.5 Å². The van der Waals surface area contributed by atoms with E-state index in [1.807, 2.05) is 62.4 Å². The smallest absolute Gasteiger partial charge is 0.659 e. The second kappa shape index (κ2) is 15.5. The Hall–Kier alpha value is -1.35. The first-order chi connectivity index (χ1) is 13.7. The van der Waals surface area contributed by atoms with Crippen LogP contribution in [-0.4, -0.2) is 44.6 Å². The molecule has 2 N–H and O–H groups in total. The molecule has 3 rings (SSSR count). The molecule has 152 valence electrons. The van der Waals surface area contributed by atoms with E-state index in [0.717, 1.165) is 49.2 Å². The van der Waals surface area contributed by atoms with Crippen molar-refractivity contribution in [1.29, 1.82) is 0 Å². The molecule has 1 aliphatic heterocycles. The number of hydrogen-bond acceptors (Lipinski definition) is 4. The molecule has 0 atom stereocenters. The summed E-state index contributed by atoms with van der Waals surface area (Å²) in [7, 11) is 0. The van der Waals surface area contributed by atoms with Crippen LogP contribution in [0.1, 0.15) is 13.8 Å². The number of benzene rings is 2. The molecule has 1 fully saturated rings. The van der Waals surface area contributed by atoms with Gasteiger partial charge >= 0.3 is 29.6 Å². The molecule has 1 heterocycles. The van der Waals surface area contributed by atoms with E-state index in [2.05, 4.69) is 16.0 Å². The van der Waals surface area contributed by atoms with Crippen molar-refractivity contribution >= 4 is 28.7 Å². The Bertz CT molecular complexity index is 630. The van der Waals surface area contributed by atoms with Gasteiger partial charge in [-0.3, -0.25) is 0 Å². The average Bonchev–Trinajstić information content (AvgIpc) is 2.73. The standard InChI is InChI=1S/C17H20N2O2S.C4H8NO.Na/c1-3-20-15-9-5-13(6-10-15)18-17(22)19-14-7-11-16(12-8-14)21-4-2;1-3-6-4-2-5-1;/h5-12H,3-4H2,1-2H3,(H2,18,19,22);1-4H2;/q;-1;+1. The molecule has 0 saturated carbocycles. The number of thiocarbonyl (C=S) groups is 1. The number of nitrogens with one attached hydrogen (secondary N) is 2. The summed E-state index contributed by atoms with van der Waals surface area (Å²) in [5.41, 5.74) is 1.82. The first kappa shape index (κ1) is 25.7. The van der Waals surface area contributed by atoms with E-state index in [9.17, 15) is 0 Å². The normalized spacial score (nSPS) is 12.5. The van der Waals surface area contributed by atoms with E-state index in [0.29, 0.717) is 18.3 Å². The van der Waals surface area contributed by atoms with E-state index < -0.39 is 0 Å². The van der Waals surface area contributed by atoms with Crippen LogP contribution >= 0.6 is 12.2 Å². The van der Waals surface area contributed by atoms with E-state index in [1.54, 1.807) is 0 Å². The van der Waals surface area contributed by atoms with Crippen LogP contribution in [0.25, 0.3) is 5.32 Å². The zero-order chi connectivity index (χ0) is 20.0. The molecule has 0 bridgehead atoms. The molecule has 0 aliphatic carbocycles. The molecule has 0 radical (unpaired) electrons. The van der Waals surface area contributed by atoms with Crippen molar-refractivity contribution in [3.63, 3.8) is 0 Å². The Morgan fingerprint density at radius 3 is 1.55 bits per heavy atom. The monoisotopic (exact) mass is 425 g/mol. The van der Waals surface area contributed by atoms with Gasteiger partial charge in [0.05, 0.1) is 13.2 Å². The van der Waals surface area contributed by atoms with Gasteiger partial charge in [-0.15, -0.1) is 13.1 Å². The Kier molecular flexibility index (Phi) is 13.7. The zero-order valence-corrected chi connectivity index (χ0v) is 20.3. The molecule has 0 spiro atoms. The Labute approximate surface area is 201 Å². The first-order valence-corrected chi connectivity index (χ1v) is 9.86. The molecular formula is C21H28N3NaO3S. The molecule has 0 amide bonds. The molecule has 0 unspecified atom stereocenters. The third kappa shape index (κ3) is 10.8. The van der Waals surface area contributed by atoms with Gasteiger partial charge in [-0.2, -0.15) is 0 Å². The molecular weight excluding hydrogens is 397 g/mol. The maximum absolute atomic E-state index is 5.40. The van der Waals surface area contributed by atoms with Crippen LogP contribution in [0.15, 0.2) is 48.5 Å². The molecule has 1 saturated heterocycles. The predicted octanol–water partition coefficient (Wildman–Crippen LogP) is 1.69. The molecule has 1 aliphatic rings. The van der Waals surface area contributed by atoms with E-state index in [-0.39, 0.29) is 29.6 Å². The summed E-state index contributed by atoms with van der Waals surface area (Å²) in [6, 6.07) is 15.3. The van der Waals surface area contributed by atoms with Gasteiger partial charge in [0.2, 0.25) is 0 Å². The number of ether oxygens (including phenoxy) is 3. The van der Waals surface area contributed by atoms with Gasteiger partial charge in [-0.1, -0.05) is 0 Å². The van der Waals surface area contributed by atoms with Crippen LogP contribution in [0.2, 0.25) is 0 Å². The predicted molar refractivity (Wildman–Crippen MR) is 119 cm³/mol.